The molecule has 0 aromatic heterocycles. The topological polar surface area (TPSA) is 82.1 Å². The van der Waals surface area contributed by atoms with Crippen molar-refractivity contribution in [2.24, 2.45) is 0 Å². The largest absolute Gasteiger partial charge is 0.446 e. The summed E-state index contributed by atoms with van der Waals surface area (Å²) >= 11 is 0. The molecule has 0 unspecified atom stereocenters. The number of hydrogen-bond donors (Lipinski definition) is 0. The lowest BCUT2D eigenvalue weighted by Crippen LogP contribution is -2.46. The predicted octanol–water partition coefficient (Wildman–Crippen LogP) is 3.01. The number of amides is 1. The Kier molecular flexibility index (Phi) is 6.16. The molecule has 7 nitrogen and oxygen atoms in total. The number of para-hydroxylation sites is 1. The third-order valence-corrected chi connectivity index (χ3v) is 3.34. The Morgan fingerprint density at radius 1 is 1.12 bits per heavy atom. The van der Waals surface area contributed by atoms with Crippen LogP contribution in [0.3, 0.4) is 0 Å². The zero-order chi connectivity index (χ0) is 18.4. The maximum atomic E-state index is 12.5. The summed E-state index contributed by atoms with van der Waals surface area (Å²) in [6, 6.07) is 7.74. The molecule has 1 atom stereocenters. The summed E-state index contributed by atoms with van der Waals surface area (Å²) in [5.74, 6) is -0.379. The first kappa shape index (κ1) is 18.5. The van der Waals surface area contributed by atoms with E-state index in [0.717, 1.165) is 4.90 Å². The number of nitrogens with zero attached hydrogens (tertiary/aromatic N) is 1. The van der Waals surface area contributed by atoms with E-state index in [-0.39, 0.29) is 12.5 Å². The van der Waals surface area contributed by atoms with Crippen LogP contribution in [0.4, 0.5) is 4.79 Å². The highest BCUT2D eigenvalue weighted by Gasteiger charge is 2.35. The molecule has 134 valence electrons. The van der Waals surface area contributed by atoms with Crippen molar-refractivity contribution in [3.63, 3.8) is 0 Å². The lowest BCUT2D eigenvalue weighted by molar-refractivity contribution is -0.140. The summed E-state index contributed by atoms with van der Waals surface area (Å²) in [6.45, 7) is 4.68. The minimum absolute atomic E-state index is 0.262. The first-order valence-electron chi connectivity index (χ1n) is 8.01. The number of hydrogen-bond acceptors (Lipinski definition) is 6. The van der Waals surface area contributed by atoms with E-state index in [1.54, 1.807) is 44.2 Å². The molecule has 1 aliphatic heterocycles. The first-order valence-corrected chi connectivity index (χ1v) is 8.01. The van der Waals surface area contributed by atoms with Crippen LogP contribution in [-0.2, 0) is 19.1 Å². The molecule has 1 aromatic rings. The highest BCUT2D eigenvalue weighted by Crippen LogP contribution is 2.24. The summed E-state index contributed by atoms with van der Waals surface area (Å²) in [5, 5.41) is 0. The van der Waals surface area contributed by atoms with Crippen molar-refractivity contribution in [3.8, 4) is 5.75 Å². The summed E-state index contributed by atoms with van der Waals surface area (Å²) in [4.78, 5) is 37.1. The van der Waals surface area contributed by atoms with Crippen molar-refractivity contribution in [3.05, 3.63) is 42.3 Å². The predicted molar refractivity (Wildman–Crippen MR) is 88.4 cm³/mol. The maximum absolute atomic E-state index is 12.5. The molecule has 1 amide bonds. The van der Waals surface area contributed by atoms with Crippen LogP contribution in [0.15, 0.2) is 42.3 Å². The number of ether oxygens (including phenoxy) is 3. The van der Waals surface area contributed by atoms with Gasteiger partial charge in [-0.2, -0.15) is 0 Å². The van der Waals surface area contributed by atoms with Gasteiger partial charge in [-0.3, -0.25) is 9.69 Å². The number of rotatable bonds is 4. The van der Waals surface area contributed by atoms with Crippen LogP contribution in [0.1, 0.15) is 33.6 Å². The van der Waals surface area contributed by atoms with E-state index in [9.17, 15) is 14.4 Å². The Bertz CT molecular complexity index is 667. The smallest absolute Gasteiger partial charge is 0.414 e. The second-order valence-electron chi connectivity index (χ2n) is 5.82. The minimum atomic E-state index is -0.856. The molecule has 1 aromatic carbocycles. The molecular weight excluding hydrogens is 326 g/mol. The van der Waals surface area contributed by atoms with Crippen molar-refractivity contribution < 1.29 is 28.6 Å². The molecule has 0 bridgehead atoms. The lowest BCUT2D eigenvalue weighted by Gasteiger charge is -2.31. The summed E-state index contributed by atoms with van der Waals surface area (Å²) in [5.41, 5.74) is 0. The Morgan fingerprint density at radius 3 is 2.40 bits per heavy atom. The standard InChI is InChI=1S/C18H21NO6/c1-12(2)23-18(22)19-11-15(24-13(3)20)9-10-16(19)17(21)25-14-7-5-4-6-8-14/h4-8,11-12,16H,9-10H2,1-3H3/t16-/m0/s1. The fourth-order valence-electron chi connectivity index (χ4n) is 2.34. The first-order chi connectivity index (χ1) is 11.9. The molecule has 25 heavy (non-hydrogen) atoms. The average molecular weight is 347 g/mol. The van der Waals surface area contributed by atoms with Crippen LogP contribution in [0.25, 0.3) is 0 Å². The zero-order valence-corrected chi connectivity index (χ0v) is 14.4. The molecule has 0 fully saturated rings. The van der Waals surface area contributed by atoms with Gasteiger partial charge in [0.25, 0.3) is 0 Å². The van der Waals surface area contributed by atoms with Crippen molar-refractivity contribution in [1.29, 1.82) is 0 Å². The Labute approximate surface area is 146 Å². The van der Waals surface area contributed by atoms with Crippen LogP contribution < -0.4 is 4.74 Å². The van der Waals surface area contributed by atoms with Crippen LogP contribution in [-0.4, -0.2) is 35.1 Å². The van der Waals surface area contributed by atoms with Gasteiger partial charge >= 0.3 is 18.0 Å². The maximum Gasteiger partial charge on any atom is 0.414 e. The van der Waals surface area contributed by atoms with Gasteiger partial charge in [0.05, 0.1) is 6.10 Å². The van der Waals surface area contributed by atoms with Gasteiger partial charge in [-0.1, -0.05) is 18.2 Å². The van der Waals surface area contributed by atoms with Crippen molar-refractivity contribution in [1.82, 2.24) is 4.90 Å². The molecule has 0 radical (unpaired) electrons. The van der Waals surface area contributed by atoms with Crippen LogP contribution in [0.2, 0.25) is 0 Å². The second kappa shape index (κ2) is 8.32. The van der Waals surface area contributed by atoms with Gasteiger partial charge in [0.15, 0.2) is 0 Å². The van der Waals surface area contributed by atoms with E-state index in [1.165, 1.54) is 13.1 Å². The third-order valence-electron chi connectivity index (χ3n) is 3.34. The molecular formula is C18H21NO6. The highest BCUT2D eigenvalue weighted by molar-refractivity contribution is 5.84. The molecule has 0 N–H and O–H groups in total. The fourth-order valence-corrected chi connectivity index (χ4v) is 2.34. The lowest BCUT2D eigenvalue weighted by atomic mass is 10.1. The SMILES string of the molecule is CC(=O)OC1=CN(C(=O)OC(C)C)[C@H](C(=O)Oc2ccccc2)CC1. The van der Waals surface area contributed by atoms with Gasteiger partial charge in [-0.15, -0.1) is 0 Å². The molecule has 0 aliphatic carbocycles. The van der Waals surface area contributed by atoms with Crippen molar-refractivity contribution in [2.75, 3.05) is 0 Å². The highest BCUT2D eigenvalue weighted by atomic mass is 16.6. The van der Waals surface area contributed by atoms with Crippen LogP contribution >= 0.6 is 0 Å². The van der Waals surface area contributed by atoms with Gasteiger partial charge < -0.3 is 14.2 Å². The summed E-state index contributed by atoms with van der Waals surface area (Å²) in [7, 11) is 0. The van der Waals surface area contributed by atoms with Gasteiger partial charge in [0, 0.05) is 19.5 Å². The van der Waals surface area contributed by atoms with E-state index < -0.39 is 24.1 Å². The van der Waals surface area contributed by atoms with Gasteiger partial charge in [-0.25, -0.2) is 9.59 Å². The van der Waals surface area contributed by atoms with Gasteiger partial charge in [-0.05, 0) is 32.4 Å². The number of allylic oxidation sites excluding steroid dienone is 1. The number of carbonyl (C=O) groups excluding carboxylic acids is 3. The number of benzene rings is 1. The zero-order valence-electron chi connectivity index (χ0n) is 14.4. The Balaban J connectivity index is 2.19. The summed E-state index contributed by atoms with van der Waals surface area (Å²) in [6.07, 6.45) is 0.865. The van der Waals surface area contributed by atoms with Crippen LogP contribution in [0.5, 0.6) is 5.75 Å². The minimum Gasteiger partial charge on any atom is -0.446 e. The molecule has 7 heteroatoms. The molecule has 0 spiro atoms. The number of esters is 2. The second-order valence-corrected chi connectivity index (χ2v) is 5.82. The molecule has 2 rings (SSSR count). The van der Waals surface area contributed by atoms with Crippen molar-refractivity contribution >= 4 is 18.0 Å². The third kappa shape index (κ3) is 5.34. The summed E-state index contributed by atoms with van der Waals surface area (Å²) < 4.78 is 15.5. The molecule has 1 aliphatic rings. The van der Waals surface area contributed by atoms with E-state index in [0.29, 0.717) is 17.9 Å². The van der Waals surface area contributed by atoms with Crippen molar-refractivity contribution in [2.45, 2.75) is 45.8 Å². The number of carbonyl (C=O) groups is 3. The molecule has 1 heterocycles. The molecule has 0 saturated heterocycles. The average Bonchev–Trinajstić information content (AvgIpc) is 2.54. The van der Waals surface area contributed by atoms with E-state index in [1.807, 2.05) is 0 Å². The van der Waals surface area contributed by atoms with Gasteiger partial charge in [0.1, 0.15) is 17.6 Å². The Morgan fingerprint density at radius 2 is 1.80 bits per heavy atom. The normalized spacial score (nSPS) is 16.9. The van der Waals surface area contributed by atoms with E-state index >= 15 is 0 Å². The van der Waals surface area contributed by atoms with Crippen LogP contribution in [0, 0.1) is 0 Å². The van der Waals surface area contributed by atoms with E-state index in [4.69, 9.17) is 14.2 Å². The van der Waals surface area contributed by atoms with E-state index in [2.05, 4.69) is 0 Å². The Hall–Kier alpha value is -2.83. The van der Waals surface area contributed by atoms with Gasteiger partial charge in [0.2, 0.25) is 0 Å². The fraction of sp³-hybridized carbons (Fsp3) is 0.389. The quantitative estimate of drug-likeness (QED) is 0.615. The molecule has 0 saturated carbocycles. The monoisotopic (exact) mass is 347 g/mol.